The van der Waals surface area contributed by atoms with Gasteiger partial charge in [0.05, 0.1) is 6.42 Å². The van der Waals surface area contributed by atoms with Crippen molar-refractivity contribution in [3.05, 3.63) is 58.9 Å². The van der Waals surface area contributed by atoms with E-state index >= 15 is 0 Å². The molecule has 2 N–H and O–H groups in total. The zero-order valence-corrected chi connectivity index (χ0v) is 11.4. The molecule has 2 aromatic carbocycles. The normalized spacial score (nSPS) is 12.8. The summed E-state index contributed by atoms with van der Waals surface area (Å²) in [5.41, 5.74) is 2.80. The molecule has 0 saturated heterocycles. The zero-order valence-electron chi connectivity index (χ0n) is 11.4. The predicted molar refractivity (Wildman–Crippen MR) is 77.9 cm³/mol. The highest BCUT2D eigenvalue weighted by Crippen LogP contribution is 2.25. The van der Waals surface area contributed by atoms with Crippen LogP contribution < -0.4 is 10.6 Å². The lowest BCUT2D eigenvalue weighted by molar-refractivity contribution is -0.115. The topological polar surface area (TPSA) is 58.2 Å². The highest BCUT2D eigenvalue weighted by atomic mass is 19.1. The first kappa shape index (κ1) is 13.3. The van der Waals surface area contributed by atoms with Gasteiger partial charge in [0.15, 0.2) is 0 Å². The van der Waals surface area contributed by atoms with Gasteiger partial charge in [-0.05, 0) is 42.8 Å². The fourth-order valence-corrected chi connectivity index (χ4v) is 2.31. The third kappa shape index (κ3) is 2.50. The van der Waals surface area contributed by atoms with Crippen molar-refractivity contribution < 1.29 is 14.0 Å². The van der Waals surface area contributed by atoms with Crippen LogP contribution in [0, 0.1) is 12.7 Å². The summed E-state index contributed by atoms with van der Waals surface area (Å²) in [6, 6.07) is 9.55. The molecule has 2 amide bonds. The first-order valence-corrected chi connectivity index (χ1v) is 6.54. The lowest BCUT2D eigenvalue weighted by Crippen LogP contribution is -2.13. The van der Waals surface area contributed by atoms with Gasteiger partial charge in [-0.1, -0.05) is 6.07 Å². The van der Waals surface area contributed by atoms with Crippen LogP contribution in [0.15, 0.2) is 36.4 Å². The van der Waals surface area contributed by atoms with Gasteiger partial charge in [-0.3, -0.25) is 9.59 Å². The van der Waals surface area contributed by atoms with E-state index in [9.17, 15) is 14.0 Å². The number of rotatable bonds is 2. The van der Waals surface area contributed by atoms with E-state index in [0.29, 0.717) is 16.8 Å². The van der Waals surface area contributed by atoms with Crippen LogP contribution in [-0.2, 0) is 11.2 Å². The van der Waals surface area contributed by atoms with Crippen molar-refractivity contribution in [3.8, 4) is 0 Å². The number of hydrogen-bond acceptors (Lipinski definition) is 2. The number of halogens is 1. The van der Waals surface area contributed by atoms with E-state index in [4.69, 9.17) is 0 Å². The molecule has 0 saturated carbocycles. The minimum atomic E-state index is -0.364. The molecule has 21 heavy (non-hydrogen) atoms. The maximum Gasteiger partial charge on any atom is 0.255 e. The Hall–Kier alpha value is -2.69. The number of anilines is 2. The summed E-state index contributed by atoms with van der Waals surface area (Å²) in [5.74, 6) is -0.772. The van der Waals surface area contributed by atoms with Gasteiger partial charge in [0.1, 0.15) is 5.82 Å². The maximum absolute atomic E-state index is 13.5. The van der Waals surface area contributed by atoms with Gasteiger partial charge in [-0.2, -0.15) is 0 Å². The number of hydrogen-bond donors (Lipinski definition) is 2. The Balaban J connectivity index is 1.85. The first-order chi connectivity index (χ1) is 10.0. The molecule has 106 valence electrons. The molecule has 0 radical (unpaired) electrons. The largest absolute Gasteiger partial charge is 0.326 e. The van der Waals surface area contributed by atoms with Gasteiger partial charge in [-0.25, -0.2) is 4.39 Å². The van der Waals surface area contributed by atoms with Crippen molar-refractivity contribution in [2.75, 3.05) is 10.6 Å². The van der Waals surface area contributed by atoms with Gasteiger partial charge >= 0.3 is 0 Å². The van der Waals surface area contributed by atoms with E-state index in [-0.39, 0.29) is 24.1 Å². The van der Waals surface area contributed by atoms with Gasteiger partial charge in [-0.15, -0.1) is 0 Å². The van der Waals surface area contributed by atoms with Crippen LogP contribution in [0.25, 0.3) is 0 Å². The molecule has 0 aromatic heterocycles. The Morgan fingerprint density at radius 1 is 1.29 bits per heavy atom. The lowest BCUT2D eigenvalue weighted by atomic mass is 10.1. The molecule has 0 atom stereocenters. The highest BCUT2D eigenvalue weighted by molar-refractivity contribution is 6.06. The number of carbonyl (C=O) groups excluding carboxylic acids is 2. The molecule has 0 bridgehead atoms. The molecule has 1 heterocycles. The predicted octanol–water partition coefficient (Wildman–Crippen LogP) is 2.88. The van der Waals surface area contributed by atoms with Gasteiger partial charge in [0.25, 0.3) is 5.91 Å². The second-order valence-electron chi connectivity index (χ2n) is 4.96. The molecule has 1 aliphatic rings. The summed E-state index contributed by atoms with van der Waals surface area (Å²) in [5, 5.41) is 5.40. The molecule has 0 aliphatic carbocycles. The van der Waals surface area contributed by atoms with Gasteiger partial charge < -0.3 is 10.6 Å². The van der Waals surface area contributed by atoms with Crippen molar-refractivity contribution >= 4 is 23.2 Å². The summed E-state index contributed by atoms with van der Waals surface area (Å²) in [4.78, 5) is 23.5. The van der Waals surface area contributed by atoms with Gasteiger partial charge in [0.2, 0.25) is 5.91 Å². The van der Waals surface area contributed by atoms with E-state index in [1.54, 1.807) is 37.3 Å². The van der Waals surface area contributed by atoms with Crippen LogP contribution in [0.5, 0.6) is 0 Å². The summed E-state index contributed by atoms with van der Waals surface area (Å²) >= 11 is 0. The van der Waals surface area contributed by atoms with Crippen molar-refractivity contribution in [2.24, 2.45) is 0 Å². The summed E-state index contributed by atoms with van der Waals surface area (Å²) in [7, 11) is 0. The Morgan fingerprint density at radius 2 is 2.10 bits per heavy atom. The summed E-state index contributed by atoms with van der Waals surface area (Å²) < 4.78 is 13.5. The smallest absolute Gasteiger partial charge is 0.255 e. The number of nitrogens with one attached hydrogen (secondary N) is 2. The molecule has 5 heteroatoms. The minimum Gasteiger partial charge on any atom is -0.326 e. The van der Waals surface area contributed by atoms with Crippen LogP contribution in [0.1, 0.15) is 21.5 Å². The molecule has 2 aromatic rings. The molecule has 0 unspecified atom stereocenters. The zero-order chi connectivity index (χ0) is 15.0. The number of fused-ring (bicyclic) bond motifs is 1. The lowest BCUT2D eigenvalue weighted by Gasteiger charge is -2.09. The Labute approximate surface area is 121 Å². The molecular weight excluding hydrogens is 271 g/mol. The molecule has 0 fully saturated rings. The SMILES string of the molecule is Cc1c(F)cccc1NC(=O)c1ccc2c(c1)CC(=O)N2. The second-order valence-corrected chi connectivity index (χ2v) is 4.96. The highest BCUT2D eigenvalue weighted by Gasteiger charge is 2.19. The maximum atomic E-state index is 13.5. The first-order valence-electron chi connectivity index (χ1n) is 6.54. The fraction of sp³-hybridized carbons (Fsp3) is 0.125. The van der Waals surface area contributed by atoms with Crippen molar-refractivity contribution in [1.29, 1.82) is 0 Å². The third-order valence-corrected chi connectivity index (χ3v) is 3.51. The summed E-state index contributed by atoms with van der Waals surface area (Å²) in [6.07, 6.45) is 0.273. The monoisotopic (exact) mass is 284 g/mol. The quantitative estimate of drug-likeness (QED) is 0.891. The van der Waals surface area contributed by atoms with E-state index in [1.165, 1.54) is 6.07 Å². The van der Waals surface area contributed by atoms with Crippen molar-refractivity contribution in [3.63, 3.8) is 0 Å². The molecule has 1 aliphatic heterocycles. The fourth-order valence-electron chi connectivity index (χ4n) is 2.31. The van der Waals surface area contributed by atoms with E-state index in [1.807, 2.05) is 0 Å². The van der Waals surface area contributed by atoms with Crippen LogP contribution in [-0.4, -0.2) is 11.8 Å². The Bertz CT molecular complexity index is 756. The van der Waals surface area contributed by atoms with E-state index < -0.39 is 0 Å². The Kier molecular flexibility index (Phi) is 3.17. The third-order valence-electron chi connectivity index (χ3n) is 3.51. The average molecular weight is 284 g/mol. The molecule has 0 spiro atoms. The van der Waals surface area contributed by atoms with E-state index in [2.05, 4.69) is 10.6 Å². The molecular formula is C16H13FN2O2. The summed E-state index contributed by atoms with van der Waals surface area (Å²) in [6.45, 7) is 1.61. The molecule has 4 nitrogen and oxygen atoms in total. The van der Waals surface area contributed by atoms with Crippen LogP contribution in [0.2, 0.25) is 0 Å². The van der Waals surface area contributed by atoms with Crippen LogP contribution in [0.3, 0.4) is 0 Å². The standard InChI is InChI=1S/C16H13FN2O2/c1-9-12(17)3-2-4-13(9)19-16(21)10-5-6-14-11(7-10)8-15(20)18-14/h2-7H,8H2,1H3,(H,18,20)(H,19,21). The number of amides is 2. The second kappa shape index (κ2) is 5.01. The number of benzene rings is 2. The molecule has 3 rings (SSSR count). The van der Waals surface area contributed by atoms with Crippen LogP contribution in [0.4, 0.5) is 15.8 Å². The van der Waals surface area contributed by atoms with Gasteiger partial charge in [0, 0.05) is 22.5 Å². The average Bonchev–Trinajstić information content (AvgIpc) is 2.82. The number of carbonyl (C=O) groups is 2. The van der Waals surface area contributed by atoms with Crippen molar-refractivity contribution in [1.82, 2.24) is 0 Å². The Morgan fingerprint density at radius 3 is 2.90 bits per heavy atom. The van der Waals surface area contributed by atoms with Crippen molar-refractivity contribution in [2.45, 2.75) is 13.3 Å². The van der Waals surface area contributed by atoms with Crippen LogP contribution >= 0.6 is 0 Å². The van der Waals surface area contributed by atoms with E-state index in [0.717, 1.165) is 11.3 Å². The minimum absolute atomic E-state index is 0.0801.